The number of anilines is 1. The number of rotatable bonds is 4. The zero-order valence-electron chi connectivity index (χ0n) is 12.2. The molecule has 2 aromatic rings. The number of hydrogen-bond acceptors (Lipinski definition) is 4. The fourth-order valence-corrected chi connectivity index (χ4v) is 2.33. The maximum Gasteiger partial charge on any atom is 0.241 e. The van der Waals surface area contributed by atoms with Gasteiger partial charge in [0.15, 0.2) is 11.5 Å². The lowest BCUT2D eigenvalue weighted by Crippen LogP contribution is -2.29. The van der Waals surface area contributed by atoms with Crippen molar-refractivity contribution in [2.45, 2.75) is 13.0 Å². The second-order valence-electron chi connectivity index (χ2n) is 4.98. The summed E-state index contributed by atoms with van der Waals surface area (Å²) in [6.07, 6.45) is -0.248. The van der Waals surface area contributed by atoms with Gasteiger partial charge in [0.1, 0.15) is 12.2 Å². The molecule has 0 fully saturated rings. The average Bonchev–Trinajstić information content (AvgIpc) is 3.01. The van der Waals surface area contributed by atoms with Crippen LogP contribution in [0.1, 0.15) is 12.0 Å². The Kier molecular flexibility index (Phi) is 4.11. The van der Waals surface area contributed by atoms with Crippen molar-refractivity contribution < 1.29 is 18.7 Å². The molecule has 0 saturated heterocycles. The summed E-state index contributed by atoms with van der Waals surface area (Å²) in [5.41, 5.74) is 1.36. The highest BCUT2D eigenvalue weighted by Crippen LogP contribution is 2.33. The van der Waals surface area contributed by atoms with E-state index in [0.29, 0.717) is 17.2 Å². The van der Waals surface area contributed by atoms with Gasteiger partial charge in [-0.2, -0.15) is 5.26 Å². The number of fused-ring (bicyclic) bond motifs is 1. The molecule has 3 rings (SSSR count). The van der Waals surface area contributed by atoms with E-state index in [4.69, 9.17) is 14.7 Å². The molecule has 23 heavy (non-hydrogen) atoms. The van der Waals surface area contributed by atoms with Crippen LogP contribution in [0.5, 0.6) is 11.5 Å². The Bertz CT molecular complexity index is 768. The largest absolute Gasteiger partial charge is 0.454 e. The van der Waals surface area contributed by atoms with Gasteiger partial charge in [0, 0.05) is 5.69 Å². The van der Waals surface area contributed by atoms with Crippen molar-refractivity contribution in [3.8, 4) is 17.6 Å². The maximum absolute atomic E-state index is 13.1. The first kappa shape index (κ1) is 14.9. The summed E-state index contributed by atoms with van der Waals surface area (Å²) < 4.78 is 23.7. The van der Waals surface area contributed by atoms with Crippen molar-refractivity contribution in [1.82, 2.24) is 0 Å². The van der Waals surface area contributed by atoms with E-state index in [1.807, 2.05) is 12.1 Å². The van der Waals surface area contributed by atoms with Crippen molar-refractivity contribution in [3.05, 3.63) is 53.8 Å². The molecule has 6 heteroatoms. The van der Waals surface area contributed by atoms with Gasteiger partial charge < -0.3 is 14.4 Å². The number of carbonyl (C=O) groups is 1. The van der Waals surface area contributed by atoms with Crippen LogP contribution in [0.15, 0.2) is 42.5 Å². The third-order valence-corrected chi connectivity index (χ3v) is 3.45. The second-order valence-corrected chi connectivity index (χ2v) is 4.98. The van der Waals surface area contributed by atoms with Gasteiger partial charge in [0.2, 0.25) is 12.7 Å². The average molecular weight is 312 g/mol. The van der Waals surface area contributed by atoms with Crippen LogP contribution in [-0.2, 0) is 11.3 Å². The molecule has 116 valence electrons. The van der Waals surface area contributed by atoms with E-state index in [1.54, 1.807) is 12.1 Å². The summed E-state index contributed by atoms with van der Waals surface area (Å²) in [5.74, 6) is 0.543. The van der Waals surface area contributed by atoms with Gasteiger partial charge in [-0.3, -0.25) is 4.79 Å². The van der Waals surface area contributed by atoms with Gasteiger partial charge >= 0.3 is 0 Å². The number of benzene rings is 2. The van der Waals surface area contributed by atoms with Crippen LogP contribution < -0.4 is 14.4 Å². The standard InChI is InChI=1S/C17H13FN2O3/c18-13-2-4-14(5-3-13)20(17(21)7-8-19)10-12-1-6-15-16(9-12)23-11-22-15/h1-6,9H,7,10-11H2. The number of halogens is 1. The molecule has 5 nitrogen and oxygen atoms in total. The Labute approximate surface area is 132 Å². The van der Waals surface area contributed by atoms with Crippen molar-refractivity contribution in [1.29, 1.82) is 5.26 Å². The fraction of sp³-hybridized carbons (Fsp3) is 0.176. The normalized spacial score (nSPS) is 11.8. The Morgan fingerprint density at radius 1 is 1.17 bits per heavy atom. The smallest absolute Gasteiger partial charge is 0.241 e. The molecular formula is C17H13FN2O3. The highest BCUT2D eigenvalue weighted by molar-refractivity contribution is 5.94. The molecule has 0 N–H and O–H groups in total. The van der Waals surface area contributed by atoms with E-state index in [2.05, 4.69) is 0 Å². The Morgan fingerprint density at radius 3 is 2.65 bits per heavy atom. The van der Waals surface area contributed by atoms with E-state index >= 15 is 0 Å². The summed E-state index contributed by atoms with van der Waals surface area (Å²) in [5, 5.41) is 8.78. The third kappa shape index (κ3) is 3.24. The minimum atomic E-state index is -0.385. The molecule has 1 heterocycles. The number of ether oxygens (including phenoxy) is 2. The molecule has 0 aliphatic carbocycles. The maximum atomic E-state index is 13.1. The number of amides is 1. The number of nitriles is 1. The summed E-state index contributed by atoms with van der Waals surface area (Å²) in [4.78, 5) is 13.7. The van der Waals surface area contributed by atoms with Crippen LogP contribution in [0.3, 0.4) is 0 Å². The first-order valence-corrected chi connectivity index (χ1v) is 6.99. The Balaban J connectivity index is 1.88. The monoisotopic (exact) mass is 312 g/mol. The fourth-order valence-electron chi connectivity index (χ4n) is 2.33. The number of carbonyl (C=O) groups excluding carboxylic acids is 1. The van der Waals surface area contributed by atoms with Crippen LogP contribution >= 0.6 is 0 Å². The zero-order chi connectivity index (χ0) is 16.2. The van der Waals surface area contributed by atoms with Crippen molar-refractivity contribution in [2.24, 2.45) is 0 Å². The molecule has 0 atom stereocenters. The SMILES string of the molecule is N#CCC(=O)N(Cc1ccc2c(c1)OCO2)c1ccc(F)cc1. The van der Waals surface area contributed by atoms with Gasteiger partial charge in [-0.15, -0.1) is 0 Å². The zero-order valence-corrected chi connectivity index (χ0v) is 12.2. The van der Waals surface area contributed by atoms with Crippen molar-refractivity contribution in [3.63, 3.8) is 0 Å². The van der Waals surface area contributed by atoms with Crippen LogP contribution in [-0.4, -0.2) is 12.7 Å². The quantitative estimate of drug-likeness (QED) is 0.870. The van der Waals surface area contributed by atoms with Gasteiger partial charge in [0.25, 0.3) is 0 Å². The second kappa shape index (κ2) is 6.36. The third-order valence-electron chi connectivity index (χ3n) is 3.45. The van der Waals surface area contributed by atoms with Gasteiger partial charge in [-0.05, 0) is 42.0 Å². The first-order valence-electron chi connectivity index (χ1n) is 6.99. The minimum Gasteiger partial charge on any atom is -0.454 e. The Hall–Kier alpha value is -3.07. The van der Waals surface area contributed by atoms with Crippen LogP contribution in [0.4, 0.5) is 10.1 Å². The lowest BCUT2D eigenvalue weighted by molar-refractivity contribution is -0.117. The van der Waals surface area contributed by atoms with E-state index in [0.717, 1.165) is 5.56 Å². The lowest BCUT2D eigenvalue weighted by atomic mass is 10.1. The summed E-state index contributed by atoms with van der Waals surface area (Å²) in [6.45, 7) is 0.427. The molecule has 0 radical (unpaired) electrons. The van der Waals surface area contributed by atoms with Gasteiger partial charge in [-0.25, -0.2) is 4.39 Å². The predicted molar refractivity (Wildman–Crippen MR) is 80.4 cm³/mol. The molecule has 0 spiro atoms. The predicted octanol–water partition coefficient (Wildman–Crippen LogP) is 3.00. The number of nitrogens with zero attached hydrogens (tertiary/aromatic N) is 2. The van der Waals surface area contributed by atoms with E-state index in [1.165, 1.54) is 29.2 Å². The van der Waals surface area contributed by atoms with Crippen LogP contribution in [0.25, 0.3) is 0 Å². The van der Waals surface area contributed by atoms with Gasteiger partial charge in [-0.1, -0.05) is 6.07 Å². The summed E-state index contributed by atoms with van der Waals surface area (Å²) in [7, 11) is 0. The molecule has 0 bridgehead atoms. The van der Waals surface area contributed by atoms with E-state index < -0.39 is 0 Å². The topological polar surface area (TPSA) is 62.6 Å². The summed E-state index contributed by atoms with van der Waals surface area (Å²) >= 11 is 0. The molecule has 1 aliphatic heterocycles. The van der Waals surface area contributed by atoms with E-state index in [-0.39, 0.29) is 31.5 Å². The molecule has 0 aromatic heterocycles. The minimum absolute atomic E-state index is 0.174. The molecule has 0 saturated carbocycles. The lowest BCUT2D eigenvalue weighted by Gasteiger charge is -2.22. The number of hydrogen-bond donors (Lipinski definition) is 0. The molecular weight excluding hydrogens is 299 g/mol. The molecule has 0 unspecified atom stereocenters. The molecule has 1 amide bonds. The van der Waals surface area contributed by atoms with Crippen molar-refractivity contribution in [2.75, 3.05) is 11.7 Å². The van der Waals surface area contributed by atoms with Gasteiger partial charge in [0.05, 0.1) is 12.6 Å². The molecule has 2 aromatic carbocycles. The highest BCUT2D eigenvalue weighted by atomic mass is 19.1. The summed E-state index contributed by atoms with van der Waals surface area (Å²) in [6, 6.07) is 12.8. The van der Waals surface area contributed by atoms with Crippen molar-refractivity contribution >= 4 is 11.6 Å². The Morgan fingerprint density at radius 2 is 1.91 bits per heavy atom. The highest BCUT2D eigenvalue weighted by Gasteiger charge is 2.19. The van der Waals surface area contributed by atoms with Crippen LogP contribution in [0, 0.1) is 17.1 Å². The van der Waals surface area contributed by atoms with Crippen LogP contribution in [0.2, 0.25) is 0 Å². The first-order chi connectivity index (χ1) is 11.2. The van der Waals surface area contributed by atoms with E-state index in [9.17, 15) is 9.18 Å². The molecule has 1 aliphatic rings.